The highest BCUT2D eigenvalue weighted by atomic mass is 16.6. The number of hydrogen-bond donors (Lipinski definition) is 1. The van der Waals surface area contributed by atoms with Crippen molar-refractivity contribution < 1.29 is 19.0 Å². The highest BCUT2D eigenvalue weighted by molar-refractivity contribution is 5.68. The minimum atomic E-state index is -0.165. The van der Waals surface area contributed by atoms with E-state index in [1.54, 1.807) is 14.2 Å². The summed E-state index contributed by atoms with van der Waals surface area (Å²) >= 11 is 0. The molecule has 5 atom stereocenters. The Hall–Kier alpha value is -1.99. The average Bonchev–Trinajstić information content (AvgIpc) is 2.80. The fraction of sp³-hybridized carbons (Fsp3) is 0.741. The summed E-state index contributed by atoms with van der Waals surface area (Å²) in [6.45, 7) is 12.8. The lowest BCUT2D eigenvalue weighted by Gasteiger charge is -2.47. The minimum Gasteiger partial charge on any atom is -0.493 e. The van der Waals surface area contributed by atoms with Gasteiger partial charge in [0.15, 0.2) is 11.5 Å². The summed E-state index contributed by atoms with van der Waals surface area (Å²) in [4.78, 5) is 17.4. The number of fused-ring (bicyclic) bond motifs is 3. The van der Waals surface area contributed by atoms with Gasteiger partial charge in [0.05, 0.1) is 20.8 Å². The minimum absolute atomic E-state index is 0.165. The van der Waals surface area contributed by atoms with Gasteiger partial charge in [0.1, 0.15) is 0 Å². The van der Waals surface area contributed by atoms with Crippen molar-refractivity contribution in [1.29, 1.82) is 0 Å². The highest BCUT2D eigenvalue weighted by Gasteiger charge is 2.40. The average molecular weight is 474 g/mol. The molecule has 0 spiro atoms. The standard InChI is InChI=1S/C27H43N3O4/c1-17(2)9-21-15-29-8-7-20-11-25(32-5)26(33-6)12-23(20)24(29)10-22(21)16-34-27(31)30-13-18(3)28-19(4)14-30/h11-12,17-19,21-22,24,28H,7-10,13-16H2,1-6H3/t18-,19+,21-,22+,24-/m1/s1. The lowest BCUT2D eigenvalue weighted by Crippen LogP contribution is -2.56. The number of piperazine rings is 1. The molecule has 2 saturated heterocycles. The van der Waals surface area contributed by atoms with Crippen molar-refractivity contribution in [3.05, 3.63) is 23.3 Å². The van der Waals surface area contributed by atoms with Gasteiger partial charge in [-0.3, -0.25) is 4.90 Å². The van der Waals surface area contributed by atoms with E-state index >= 15 is 0 Å². The van der Waals surface area contributed by atoms with E-state index in [9.17, 15) is 4.79 Å². The molecule has 7 nitrogen and oxygen atoms in total. The van der Waals surface area contributed by atoms with E-state index in [4.69, 9.17) is 14.2 Å². The lowest BCUT2D eigenvalue weighted by atomic mass is 9.74. The predicted octanol–water partition coefficient (Wildman–Crippen LogP) is 4.10. The molecule has 0 saturated carbocycles. The Balaban J connectivity index is 1.50. The SMILES string of the molecule is COc1cc2c(cc1OC)[C@H]1C[C@@H](COC(=O)N3C[C@@H](C)N[C@@H](C)C3)[C@H](CC(C)C)CN1CC2. The van der Waals surface area contributed by atoms with E-state index in [-0.39, 0.29) is 6.09 Å². The number of ether oxygens (including phenoxy) is 3. The van der Waals surface area contributed by atoms with E-state index in [2.05, 4.69) is 50.0 Å². The Morgan fingerprint density at radius 3 is 2.38 bits per heavy atom. The van der Waals surface area contributed by atoms with Crippen LogP contribution >= 0.6 is 0 Å². The van der Waals surface area contributed by atoms with E-state index in [1.807, 2.05) is 4.90 Å². The van der Waals surface area contributed by atoms with Crippen LogP contribution in [0.2, 0.25) is 0 Å². The van der Waals surface area contributed by atoms with Crippen LogP contribution in [0.15, 0.2) is 12.1 Å². The molecule has 2 fully saturated rings. The zero-order valence-electron chi connectivity index (χ0n) is 21.8. The lowest BCUT2D eigenvalue weighted by molar-refractivity contribution is 0.00307. The molecule has 3 aliphatic heterocycles. The summed E-state index contributed by atoms with van der Waals surface area (Å²) in [6.07, 6.45) is 3.02. The van der Waals surface area contributed by atoms with Crippen molar-refractivity contribution in [2.45, 2.75) is 65.1 Å². The number of methoxy groups -OCH3 is 2. The van der Waals surface area contributed by atoms with Gasteiger partial charge in [-0.25, -0.2) is 4.79 Å². The Kier molecular flexibility index (Phi) is 7.93. The molecule has 34 heavy (non-hydrogen) atoms. The molecule has 0 radical (unpaired) electrons. The fourth-order valence-electron chi connectivity index (χ4n) is 6.33. The van der Waals surface area contributed by atoms with Crippen molar-refractivity contribution in [3.63, 3.8) is 0 Å². The molecule has 4 rings (SSSR count). The number of nitrogens with zero attached hydrogens (tertiary/aromatic N) is 2. The number of hydrogen-bond acceptors (Lipinski definition) is 6. The first kappa shape index (κ1) is 25.1. The Morgan fingerprint density at radius 1 is 1.06 bits per heavy atom. The summed E-state index contributed by atoms with van der Waals surface area (Å²) in [5.41, 5.74) is 2.69. The van der Waals surface area contributed by atoms with Crippen molar-refractivity contribution in [3.8, 4) is 11.5 Å². The maximum absolute atomic E-state index is 12.9. The van der Waals surface area contributed by atoms with Crippen LogP contribution in [0.25, 0.3) is 0 Å². The van der Waals surface area contributed by atoms with Crippen LogP contribution < -0.4 is 14.8 Å². The summed E-state index contributed by atoms with van der Waals surface area (Å²) < 4.78 is 17.1. The summed E-state index contributed by atoms with van der Waals surface area (Å²) in [5, 5.41) is 3.48. The second-order valence-electron chi connectivity index (χ2n) is 11.0. The van der Waals surface area contributed by atoms with Gasteiger partial charge >= 0.3 is 6.09 Å². The number of carbonyl (C=O) groups is 1. The molecule has 1 N–H and O–H groups in total. The molecule has 7 heteroatoms. The van der Waals surface area contributed by atoms with Gasteiger partial charge in [-0.2, -0.15) is 0 Å². The maximum atomic E-state index is 12.9. The third-order valence-corrected chi connectivity index (χ3v) is 7.79. The van der Waals surface area contributed by atoms with Gasteiger partial charge in [-0.1, -0.05) is 13.8 Å². The second kappa shape index (κ2) is 10.7. The number of benzene rings is 1. The first-order chi connectivity index (χ1) is 16.3. The maximum Gasteiger partial charge on any atom is 0.409 e. The van der Waals surface area contributed by atoms with Gasteiger partial charge in [0.25, 0.3) is 0 Å². The van der Waals surface area contributed by atoms with Gasteiger partial charge in [-0.05, 0) is 74.1 Å². The van der Waals surface area contributed by atoms with Crippen LogP contribution in [-0.4, -0.2) is 75.0 Å². The van der Waals surface area contributed by atoms with Crippen molar-refractivity contribution in [2.75, 3.05) is 47.0 Å². The zero-order chi connectivity index (χ0) is 24.4. The summed E-state index contributed by atoms with van der Waals surface area (Å²) in [6, 6.07) is 5.22. The molecule has 0 aromatic heterocycles. The number of carbonyl (C=O) groups excluding carboxylic acids is 1. The number of nitrogens with one attached hydrogen (secondary N) is 1. The third kappa shape index (κ3) is 5.46. The molecule has 1 aromatic rings. The fourth-order valence-corrected chi connectivity index (χ4v) is 6.33. The molecule has 0 aliphatic carbocycles. The van der Waals surface area contributed by atoms with Crippen molar-refractivity contribution in [1.82, 2.24) is 15.1 Å². The van der Waals surface area contributed by atoms with Crippen LogP contribution in [0.4, 0.5) is 4.79 Å². The first-order valence-electron chi connectivity index (χ1n) is 13.0. The summed E-state index contributed by atoms with van der Waals surface area (Å²) in [7, 11) is 3.39. The predicted molar refractivity (Wildman–Crippen MR) is 134 cm³/mol. The molecule has 1 aromatic carbocycles. The van der Waals surface area contributed by atoms with Crippen LogP contribution in [0.3, 0.4) is 0 Å². The smallest absolute Gasteiger partial charge is 0.409 e. The quantitative estimate of drug-likeness (QED) is 0.671. The number of rotatable bonds is 6. The van der Waals surface area contributed by atoms with Crippen LogP contribution in [0.5, 0.6) is 11.5 Å². The topological polar surface area (TPSA) is 63.3 Å². The van der Waals surface area contributed by atoms with Gasteiger partial charge < -0.3 is 24.4 Å². The number of piperidine rings is 1. The van der Waals surface area contributed by atoms with Crippen molar-refractivity contribution >= 4 is 6.09 Å². The zero-order valence-corrected chi connectivity index (χ0v) is 21.8. The molecule has 0 bridgehead atoms. The molecule has 0 unspecified atom stereocenters. The second-order valence-corrected chi connectivity index (χ2v) is 11.0. The third-order valence-electron chi connectivity index (χ3n) is 7.79. The molecule has 190 valence electrons. The molecule has 1 amide bonds. The van der Waals surface area contributed by atoms with E-state index in [1.165, 1.54) is 11.1 Å². The monoisotopic (exact) mass is 473 g/mol. The van der Waals surface area contributed by atoms with Crippen LogP contribution in [0, 0.1) is 17.8 Å². The molecule has 3 heterocycles. The van der Waals surface area contributed by atoms with Gasteiger partial charge in [0.2, 0.25) is 0 Å². The Labute approximate surface area is 205 Å². The van der Waals surface area contributed by atoms with E-state index in [0.717, 1.165) is 43.9 Å². The Morgan fingerprint density at radius 2 is 1.74 bits per heavy atom. The Bertz CT molecular complexity index is 851. The molecular weight excluding hydrogens is 430 g/mol. The first-order valence-corrected chi connectivity index (χ1v) is 13.0. The molecular formula is C27H43N3O4. The largest absolute Gasteiger partial charge is 0.493 e. The van der Waals surface area contributed by atoms with E-state index < -0.39 is 0 Å². The van der Waals surface area contributed by atoms with Gasteiger partial charge in [0, 0.05) is 44.3 Å². The van der Waals surface area contributed by atoms with Gasteiger partial charge in [-0.15, -0.1) is 0 Å². The van der Waals surface area contributed by atoms with Crippen LogP contribution in [-0.2, 0) is 11.2 Å². The van der Waals surface area contributed by atoms with E-state index in [0.29, 0.717) is 55.6 Å². The molecule has 3 aliphatic rings. The highest BCUT2D eigenvalue weighted by Crippen LogP contribution is 2.45. The van der Waals surface area contributed by atoms with Crippen LogP contribution in [0.1, 0.15) is 57.7 Å². The summed E-state index contributed by atoms with van der Waals surface area (Å²) in [5.74, 6) is 3.09. The van der Waals surface area contributed by atoms with Crippen molar-refractivity contribution in [2.24, 2.45) is 17.8 Å². The number of amides is 1. The normalized spacial score (nSPS) is 29.4.